The molecule has 0 bridgehead atoms. The molecule has 1 aromatic carbocycles. The Morgan fingerprint density at radius 2 is 1.94 bits per heavy atom. The fraction of sp³-hybridized carbons (Fsp3) is 0.429. The summed E-state index contributed by atoms with van der Waals surface area (Å²) in [5.41, 5.74) is 1.46. The molecule has 1 N–H and O–H groups in total. The van der Waals surface area contributed by atoms with Crippen LogP contribution in [0.25, 0.3) is 0 Å². The Balaban J connectivity index is 1.84. The summed E-state index contributed by atoms with van der Waals surface area (Å²) in [6.07, 6.45) is 0.759. The number of methoxy groups -OCH3 is 1. The van der Waals surface area contributed by atoms with Crippen LogP contribution in [0.2, 0.25) is 0 Å². The van der Waals surface area contributed by atoms with Crippen LogP contribution in [0.1, 0.15) is 40.2 Å². The van der Waals surface area contributed by atoms with Crippen LogP contribution in [-0.2, 0) is 38.9 Å². The second-order valence-corrected chi connectivity index (χ2v) is 10.7. The number of carbonyl (C=O) groups is 2. The number of halogens is 1. The van der Waals surface area contributed by atoms with E-state index in [0.29, 0.717) is 29.8 Å². The van der Waals surface area contributed by atoms with Crippen molar-refractivity contribution in [2.45, 2.75) is 37.4 Å². The Morgan fingerprint density at radius 3 is 2.55 bits per heavy atom. The molecule has 0 fully saturated rings. The highest BCUT2D eigenvalue weighted by molar-refractivity contribution is 7.91. The van der Waals surface area contributed by atoms with Gasteiger partial charge in [-0.15, -0.1) is 11.3 Å². The van der Waals surface area contributed by atoms with Gasteiger partial charge in [0.2, 0.25) is 5.91 Å². The molecule has 0 saturated heterocycles. The van der Waals surface area contributed by atoms with E-state index in [4.69, 9.17) is 4.74 Å². The Bertz CT molecular complexity index is 1080. The molecule has 10 heteroatoms. The smallest absolute Gasteiger partial charge is 0.340 e. The van der Waals surface area contributed by atoms with E-state index in [1.807, 2.05) is 13.8 Å². The van der Waals surface area contributed by atoms with Gasteiger partial charge in [-0.3, -0.25) is 4.79 Å². The first kappa shape index (κ1) is 23.4. The molecule has 3 rings (SSSR count). The topological polar surface area (TPSA) is 92.8 Å². The zero-order valence-corrected chi connectivity index (χ0v) is 19.2. The van der Waals surface area contributed by atoms with E-state index in [9.17, 15) is 22.4 Å². The molecule has 2 heterocycles. The molecular formula is C21H25FN2O5S2. The monoisotopic (exact) mass is 468 g/mol. The van der Waals surface area contributed by atoms with Crippen LogP contribution in [0.5, 0.6) is 0 Å². The highest BCUT2D eigenvalue weighted by atomic mass is 32.2. The number of thiophene rings is 1. The third kappa shape index (κ3) is 5.13. The van der Waals surface area contributed by atoms with Gasteiger partial charge < -0.3 is 9.64 Å². The molecule has 0 unspecified atom stereocenters. The zero-order valence-electron chi connectivity index (χ0n) is 17.6. The van der Waals surface area contributed by atoms with Gasteiger partial charge in [0.25, 0.3) is 10.0 Å². The fourth-order valence-electron chi connectivity index (χ4n) is 3.48. The van der Waals surface area contributed by atoms with Gasteiger partial charge in [0.15, 0.2) is 0 Å². The number of nitrogens with zero attached hydrogens (tertiary/aromatic N) is 1. The molecule has 168 valence electrons. The second-order valence-electron chi connectivity index (χ2n) is 7.60. The van der Waals surface area contributed by atoms with Gasteiger partial charge in [-0.25, -0.2) is 22.3 Å². The number of hydrogen-bond donors (Lipinski definition) is 1. The number of ether oxygens (including phenoxy) is 1. The summed E-state index contributed by atoms with van der Waals surface area (Å²) in [5, 5.41) is 0. The van der Waals surface area contributed by atoms with E-state index >= 15 is 0 Å². The Kier molecular flexibility index (Phi) is 7.13. The van der Waals surface area contributed by atoms with Gasteiger partial charge in [0, 0.05) is 23.9 Å². The minimum absolute atomic E-state index is 0.0134. The van der Waals surface area contributed by atoms with Gasteiger partial charge in [-0.05, 0) is 36.1 Å². The quantitative estimate of drug-likeness (QED) is 0.631. The van der Waals surface area contributed by atoms with Gasteiger partial charge in [0.1, 0.15) is 10.0 Å². The maximum absolute atomic E-state index is 13.0. The first-order chi connectivity index (χ1) is 14.6. The number of rotatable bonds is 7. The molecule has 1 aliphatic heterocycles. The van der Waals surface area contributed by atoms with Crippen molar-refractivity contribution in [2.75, 3.05) is 20.2 Å². The number of benzene rings is 1. The Morgan fingerprint density at radius 1 is 1.26 bits per heavy atom. The molecule has 1 amide bonds. The summed E-state index contributed by atoms with van der Waals surface area (Å²) >= 11 is 0.999. The Labute approximate surface area is 185 Å². The first-order valence-electron chi connectivity index (χ1n) is 9.89. The van der Waals surface area contributed by atoms with E-state index in [-0.39, 0.29) is 40.5 Å². The van der Waals surface area contributed by atoms with Crippen molar-refractivity contribution in [2.24, 2.45) is 5.92 Å². The number of fused-ring (bicyclic) bond motifs is 1. The normalized spacial score (nSPS) is 13.9. The predicted octanol–water partition coefficient (Wildman–Crippen LogP) is 2.74. The number of sulfonamides is 1. The molecule has 0 atom stereocenters. The van der Waals surface area contributed by atoms with E-state index in [1.54, 1.807) is 17.0 Å². The van der Waals surface area contributed by atoms with Gasteiger partial charge in [-0.1, -0.05) is 26.0 Å². The lowest BCUT2D eigenvalue weighted by Crippen LogP contribution is -2.38. The van der Waals surface area contributed by atoms with Crippen molar-refractivity contribution in [1.82, 2.24) is 9.62 Å². The molecule has 2 aromatic rings. The Hall–Kier alpha value is -2.30. The van der Waals surface area contributed by atoms with Gasteiger partial charge in [0.05, 0.1) is 19.2 Å². The minimum Gasteiger partial charge on any atom is -0.465 e. The summed E-state index contributed by atoms with van der Waals surface area (Å²) < 4.78 is 46.3. The van der Waals surface area contributed by atoms with Crippen LogP contribution in [0.15, 0.2) is 28.5 Å². The molecule has 31 heavy (non-hydrogen) atoms. The lowest BCUT2D eigenvalue weighted by molar-refractivity contribution is -0.135. The van der Waals surface area contributed by atoms with Crippen molar-refractivity contribution in [3.63, 3.8) is 0 Å². The molecule has 0 spiro atoms. The number of carbonyl (C=O) groups excluding carboxylic acids is 2. The molecule has 1 aromatic heterocycles. The van der Waals surface area contributed by atoms with Crippen molar-refractivity contribution in [3.8, 4) is 0 Å². The maximum Gasteiger partial charge on any atom is 0.340 e. The largest absolute Gasteiger partial charge is 0.465 e. The predicted molar refractivity (Wildman–Crippen MR) is 115 cm³/mol. The molecule has 0 saturated carbocycles. The van der Waals surface area contributed by atoms with Crippen molar-refractivity contribution < 1.29 is 27.1 Å². The standard InChI is InChI=1S/C21H25FN2O5S2/c1-13(2)19(25)24-11-9-16-17(12-24)30-21(18(16)20(26)29-3)31(27,28)23-10-8-14-4-6-15(22)7-5-14/h4-7,13,23H,8-12H2,1-3H3. The average Bonchev–Trinajstić information content (AvgIpc) is 3.13. The highest BCUT2D eigenvalue weighted by Crippen LogP contribution is 2.37. The van der Waals surface area contributed by atoms with Crippen molar-refractivity contribution in [1.29, 1.82) is 0 Å². The number of amides is 1. The van der Waals surface area contributed by atoms with Gasteiger partial charge >= 0.3 is 5.97 Å². The van der Waals surface area contributed by atoms with E-state index in [0.717, 1.165) is 16.9 Å². The fourth-order valence-corrected chi connectivity index (χ4v) is 6.45. The van der Waals surface area contributed by atoms with E-state index in [1.165, 1.54) is 19.2 Å². The lowest BCUT2D eigenvalue weighted by atomic mass is 10.0. The SMILES string of the molecule is COC(=O)c1c(S(=O)(=O)NCCc2ccc(F)cc2)sc2c1CCN(C(=O)C(C)C)C2. The molecule has 0 aliphatic carbocycles. The molecular weight excluding hydrogens is 443 g/mol. The van der Waals surface area contributed by atoms with Crippen molar-refractivity contribution in [3.05, 3.63) is 51.7 Å². The summed E-state index contributed by atoms with van der Waals surface area (Å²) in [6.45, 7) is 4.41. The minimum atomic E-state index is -3.98. The summed E-state index contributed by atoms with van der Waals surface area (Å²) in [6, 6.07) is 5.81. The molecule has 7 nitrogen and oxygen atoms in total. The zero-order chi connectivity index (χ0) is 22.8. The van der Waals surface area contributed by atoms with Crippen LogP contribution in [-0.4, -0.2) is 45.4 Å². The van der Waals surface area contributed by atoms with Crippen molar-refractivity contribution >= 4 is 33.2 Å². The van der Waals surface area contributed by atoms with Crippen LogP contribution < -0.4 is 4.72 Å². The van der Waals surface area contributed by atoms with Crippen LogP contribution in [0.3, 0.4) is 0 Å². The highest BCUT2D eigenvalue weighted by Gasteiger charge is 2.35. The van der Waals surface area contributed by atoms with Crippen LogP contribution >= 0.6 is 11.3 Å². The summed E-state index contributed by atoms with van der Waals surface area (Å²) in [7, 11) is -2.77. The van der Waals surface area contributed by atoms with Gasteiger partial charge in [-0.2, -0.15) is 0 Å². The van der Waals surface area contributed by atoms with E-state index in [2.05, 4.69) is 4.72 Å². The van der Waals surface area contributed by atoms with E-state index < -0.39 is 16.0 Å². The average molecular weight is 469 g/mol. The second kappa shape index (κ2) is 9.46. The number of nitrogens with one attached hydrogen (secondary N) is 1. The summed E-state index contributed by atoms with van der Waals surface area (Å²) in [4.78, 5) is 27.2. The third-order valence-electron chi connectivity index (χ3n) is 5.08. The molecule has 1 aliphatic rings. The maximum atomic E-state index is 13.0. The van der Waals surface area contributed by atoms with Crippen LogP contribution in [0, 0.1) is 11.7 Å². The summed E-state index contributed by atoms with van der Waals surface area (Å²) in [5.74, 6) is -1.25. The molecule has 0 radical (unpaired) electrons. The number of hydrogen-bond acceptors (Lipinski definition) is 6. The van der Waals surface area contributed by atoms with Crippen LogP contribution in [0.4, 0.5) is 4.39 Å². The number of esters is 1. The third-order valence-corrected chi connectivity index (χ3v) is 8.28. The first-order valence-corrected chi connectivity index (χ1v) is 12.2. The lowest BCUT2D eigenvalue weighted by Gasteiger charge is -2.28.